The Kier molecular flexibility index (Phi) is 5.57. The third kappa shape index (κ3) is 4.12. The van der Waals surface area contributed by atoms with Crippen LogP contribution in [0.2, 0.25) is 0 Å². The van der Waals surface area contributed by atoms with Gasteiger partial charge < -0.3 is 5.32 Å². The summed E-state index contributed by atoms with van der Waals surface area (Å²) in [7, 11) is 0. The highest BCUT2D eigenvalue weighted by Gasteiger charge is 2.15. The molecule has 0 radical (unpaired) electrons. The number of thiophene rings is 1. The summed E-state index contributed by atoms with van der Waals surface area (Å²) in [5, 5.41) is 5.54. The Hall–Kier alpha value is -0.230. The summed E-state index contributed by atoms with van der Waals surface area (Å²) in [6, 6.07) is 7.19. The van der Waals surface area contributed by atoms with E-state index in [0.717, 1.165) is 27.5 Å². The first-order valence-electron chi connectivity index (χ1n) is 6.01. The quantitative estimate of drug-likeness (QED) is 0.709. The maximum absolute atomic E-state index is 13.2. The Morgan fingerprint density at radius 1 is 1.32 bits per heavy atom. The minimum Gasteiger partial charge on any atom is -0.310 e. The molecule has 0 bridgehead atoms. The number of rotatable bonds is 5. The molecule has 19 heavy (non-hydrogen) atoms. The van der Waals surface area contributed by atoms with Crippen LogP contribution >= 0.6 is 43.2 Å². The van der Waals surface area contributed by atoms with Crippen LogP contribution in [0.1, 0.15) is 23.4 Å². The van der Waals surface area contributed by atoms with Crippen molar-refractivity contribution in [2.45, 2.75) is 19.4 Å². The van der Waals surface area contributed by atoms with Crippen LogP contribution in [0.15, 0.2) is 38.6 Å². The zero-order chi connectivity index (χ0) is 13.8. The first-order valence-corrected chi connectivity index (χ1v) is 8.48. The largest absolute Gasteiger partial charge is 0.310 e. The van der Waals surface area contributed by atoms with Crippen LogP contribution in [0.4, 0.5) is 4.39 Å². The zero-order valence-corrected chi connectivity index (χ0v) is 14.4. The fourth-order valence-electron chi connectivity index (χ4n) is 1.98. The van der Waals surface area contributed by atoms with Gasteiger partial charge in [-0.2, -0.15) is 0 Å². The van der Waals surface area contributed by atoms with Gasteiger partial charge in [0.2, 0.25) is 0 Å². The van der Waals surface area contributed by atoms with Gasteiger partial charge in [-0.1, -0.05) is 28.9 Å². The fraction of sp³-hybridized carbons (Fsp3) is 0.286. The Morgan fingerprint density at radius 2 is 2.11 bits per heavy atom. The maximum atomic E-state index is 13.2. The summed E-state index contributed by atoms with van der Waals surface area (Å²) < 4.78 is 15.1. The SMILES string of the molecule is CCNC(Cc1cc(Br)cs1)c1ccc(F)cc1Br. The summed E-state index contributed by atoms with van der Waals surface area (Å²) in [6.45, 7) is 2.95. The van der Waals surface area contributed by atoms with Crippen molar-refractivity contribution in [2.75, 3.05) is 6.54 Å². The number of hydrogen-bond donors (Lipinski definition) is 1. The predicted molar refractivity (Wildman–Crippen MR) is 86.2 cm³/mol. The topological polar surface area (TPSA) is 12.0 Å². The highest BCUT2D eigenvalue weighted by molar-refractivity contribution is 9.10. The van der Waals surface area contributed by atoms with Crippen molar-refractivity contribution in [2.24, 2.45) is 0 Å². The van der Waals surface area contributed by atoms with Crippen molar-refractivity contribution in [3.05, 3.63) is 54.8 Å². The van der Waals surface area contributed by atoms with Gasteiger partial charge in [0.15, 0.2) is 0 Å². The van der Waals surface area contributed by atoms with Crippen molar-refractivity contribution in [1.29, 1.82) is 0 Å². The fourth-order valence-corrected chi connectivity index (χ4v) is 4.11. The van der Waals surface area contributed by atoms with Crippen LogP contribution < -0.4 is 5.32 Å². The molecular weight excluding hydrogens is 393 g/mol. The van der Waals surface area contributed by atoms with Gasteiger partial charge in [0.05, 0.1) is 0 Å². The molecule has 1 N–H and O–H groups in total. The van der Waals surface area contributed by atoms with E-state index in [-0.39, 0.29) is 11.9 Å². The molecular formula is C14H14Br2FNS. The lowest BCUT2D eigenvalue weighted by Gasteiger charge is -2.19. The molecule has 0 aliphatic carbocycles. The second-order valence-electron chi connectivity index (χ2n) is 4.21. The second-order valence-corrected chi connectivity index (χ2v) is 6.98. The molecule has 2 rings (SSSR count). The van der Waals surface area contributed by atoms with Crippen LogP contribution in [0.3, 0.4) is 0 Å². The summed E-state index contributed by atoms with van der Waals surface area (Å²) in [6.07, 6.45) is 0.897. The molecule has 1 unspecified atom stereocenters. The Bertz CT molecular complexity index is 556. The lowest BCUT2D eigenvalue weighted by molar-refractivity contribution is 0.548. The lowest BCUT2D eigenvalue weighted by atomic mass is 10.0. The molecule has 0 aliphatic heterocycles. The van der Waals surface area contributed by atoms with Crippen molar-refractivity contribution >= 4 is 43.2 Å². The van der Waals surface area contributed by atoms with E-state index in [2.05, 4.69) is 55.5 Å². The minimum absolute atomic E-state index is 0.186. The molecule has 2 aromatic rings. The number of nitrogens with one attached hydrogen (secondary N) is 1. The molecule has 0 spiro atoms. The number of likely N-dealkylation sites (N-methyl/N-ethyl adjacent to an activating group) is 1. The molecule has 0 amide bonds. The maximum Gasteiger partial charge on any atom is 0.124 e. The van der Waals surface area contributed by atoms with E-state index >= 15 is 0 Å². The van der Waals surface area contributed by atoms with E-state index in [1.165, 1.54) is 17.0 Å². The zero-order valence-electron chi connectivity index (χ0n) is 10.4. The monoisotopic (exact) mass is 405 g/mol. The van der Waals surface area contributed by atoms with Crippen LogP contribution in [0, 0.1) is 5.82 Å². The van der Waals surface area contributed by atoms with Crippen LogP contribution in [-0.4, -0.2) is 6.54 Å². The van der Waals surface area contributed by atoms with Gasteiger partial charge in [-0.25, -0.2) is 4.39 Å². The van der Waals surface area contributed by atoms with Gasteiger partial charge in [-0.05, 0) is 46.2 Å². The van der Waals surface area contributed by atoms with Crippen molar-refractivity contribution < 1.29 is 4.39 Å². The van der Waals surface area contributed by atoms with Gasteiger partial charge in [0.25, 0.3) is 0 Å². The van der Waals surface area contributed by atoms with E-state index in [4.69, 9.17) is 0 Å². The molecule has 0 aliphatic rings. The predicted octanol–water partition coefficient (Wildman–Crippen LogP) is 5.31. The smallest absolute Gasteiger partial charge is 0.124 e. The molecule has 0 saturated carbocycles. The van der Waals surface area contributed by atoms with Crippen molar-refractivity contribution in [3.63, 3.8) is 0 Å². The molecule has 1 aromatic heterocycles. The highest BCUT2D eigenvalue weighted by Crippen LogP contribution is 2.29. The van der Waals surface area contributed by atoms with Crippen molar-refractivity contribution in [1.82, 2.24) is 5.32 Å². The van der Waals surface area contributed by atoms with Gasteiger partial charge in [-0.15, -0.1) is 11.3 Å². The van der Waals surface area contributed by atoms with E-state index in [9.17, 15) is 4.39 Å². The number of benzene rings is 1. The standard InChI is InChI=1S/C14H14Br2FNS/c1-2-18-14(7-11-5-9(15)8-19-11)12-4-3-10(17)6-13(12)16/h3-6,8,14,18H,2,7H2,1H3. The first-order chi connectivity index (χ1) is 9.10. The van der Waals surface area contributed by atoms with Gasteiger partial charge >= 0.3 is 0 Å². The third-order valence-corrected chi connectivity index (χ3v) is 5.22. The normalized spacial score (nSPS) is 12.6. The lowest BCUT2D eigenvalue weighted by Crippen LogP contribution is -2.23. The molecule has 5 heteroatoms. The van der Waals surface area contributed by atoms with Crippen LogP contribution in [0.5, 0.6) is 0 Å². The Balaban J connectivity index is 2.23. The molecule has 0 fully saturated rings. The number of halogens is 3. The van der Waals surface area contributed by atoms with E-state index in [1.54, 1.807) is 11.3 Å². The summed E-state index contributed by atoms with van der Waals surface area (Å²) >= 11 is 8.65. The molecule has 102 valence electrons. The number of hydrogen-bond acceptors (Lipinski definition) is 2. The van der Waals surface area contributed by atoms with E-state index in [0.29, 0.717) is 0 Å². The van der Waals surface area contributed by atoms with E-state index in [1.807, 2.05) is 6.07 Å². The van der Waals surface area contributed by atoms with Gasteiger partial charge in [0, 0.05) is 31.7 Å². The Labute approximate surface area is 133 Å². The molecule has 1 atom stereocenters. The van der Waals surface area contributed by atoms with Crippen molar-refractivity contribution in [3.8, 4) is 0 Å². The van der Waals surface area contributed by atoms with E-state index < -0.39 is 0 Å². The minimum atomic E-state index is -0.218. The highest BCUT2D eigenvalue weighted by atomic mass is 79.9. The summed E-state index contributed by atoms with van der Waals surface area (Å²) in [4.78, 5) is 1.30. The van der Waals surface area contributed by atoms with Crippen LogP contribution in [0.25, 0.3) is 0 Å². The molecule has 1 aromatic carbocycles. The van der Waals surface area contributed by atoms with Crippen LogP contribution in [-0.2, 0) is 6.42 Å². The average Bonchev–Trinajstić information content (AvgIpc) is 2.74. The second kappa shape index (κ2) is 6.97. The average molecular weight is 407 g/mol. The first kappa shape index (κ1) is 15.2. The summed E-state index contributed by atoms with van der Waals surface area (Å²) in [5.41, 5.74) is 1.09. The van der Waals surface area contributed by atoms with Gasteiger partial charge in [0.1, 0.15) is 5.82 Å². The molecule has 0 saturated heterocycles. The summed E-state index contributed by atoms with van der Waals surface area (Å²) in [5.74, 6) is -0.218. The molecule has 1 nitrogen and oxygen atoms in total. The van der Waals surface area contributed by atoms with Gasteiger partial charge in [-0.3, -0.25) is 0 Å². The third-order valence-electron chi connectivity index (χ3n) is 2.82. The Morgan fingerprint density at radius 3 is 2.68 bits per heavy atom. The molecule has 1 heterocycles.